The fraction of sp³-hybridized carbons (Fsp3) is 0.0476. The van der Waals surface area contributed by atoms with Crippen LogP contribution in [0.25, 0.3) is 11.1 Å². The van der Waals surface area contributed by atoms with Gasteiger partial charge in [0.2, 0.25) is 0 Å². The summed E-state index contributed by atoms with van der Waals surface area (Å²) in [5.74, 6) is -2.70. The number of hydrazone groups is 1. The normalized spacial score (nSPS) is 11.5. The van der Waals surface area contributed by atoms with E-state index in [1.807, 2.05) is 22.6 Å². The highest BCUT2D eigenvalue weighted by atomic mass is 127. The van der Waals surface area contributed by atoms with Gasteiger partial charge in [-0.25, -0.2) is 13.8 Å². The van der Waals surface area contributed by atoms with E-state index in [2.05, 4.69) is 20.8 Å². The summed E-state index contributed by atoms with van der Waals surface area (Å²) in [7, 11) is 0. The molecule has 0 saturated carbocycles. The molecule has 0 fully saturated rings. The molecule has 0 atom stereocenters. The van der Waals surface area contributed by atoms with Crippen molar-refractivity contribution < 1.29 is 26.7 Å². The number of nitrogens with one attached hydrogen (secondary N) is 3. The van der Waals surface area contributed by atoms with Crippen molar-refractivity contribution in [3.8, 4) is 11.1 Å². The molecule has 3 aromatic rings. The van der Waals surface area contributed by atoms with Gasteiger partial charge in [-0.3, -0.25) is 10.2 Å². The number of amides is 1. The third-order valence-electron chi connectivity index (χ3n) is 4.29. The van der Waals surface area contributed by atoms with E-state index in [9.17, 15) is 26.7 Å². The second-order valence-corrected chi connectivity index (χ2v) is 8.89. The molecule has 0 aliphatic rings. The molecular formula is C21H12F5I2N5O. The standard InChI is InChI=1S/C21H12F5I2N5O/c22-10-1-2-12(17(27)5-10)13-8-18(28)14(7-16(13)23)20(34)32-11-6-15(21(24,25)26)19(30-9-11)33-31-4-3-29/h1-9,29H,(H,30,33)(H,32,34)/b29-3?,31-4-. The van der Waals surface area contributed by atoms with E-state index in [1.165, 1.54) is 24.3 Å². The van der Waals surface area contributed by atoms with Crippen LogP contribution in [0.4, 0.5) is 33.5 Å². The van der Waals surface area contributed by atoms with Crippen LogP contribution in [0.2, 0.25) is 0 Å². The Bertz CT molecular complexity index is 1300. The molecule has 0 aliphatic heterocycles. The minimum Gasteiger partial charge on any atom is -0.321 e. The molecule has 0 spiro atoms. The Kier molecular flexibility index (Phi) is 8.17. The lowest BCUT2D eigenvalue weighted by molar-refractivity contribution is -0.137. The Morgan fingerprint density at radius 1 is 1.06 bits per heavy atom. The highest BCUT2D eigenvalue weighted by molar-refractivity contribution is 14.1. The lowest BCUT2D eigenvalue weighted by atomic mass is 10.0. The van der Waals surface area contributed by atoms with Crippen LogP contribution in [0.3, 0.4) is 0 Å². The molecule has 0 bridgehead atoms. The molecule has 13 heteroatoms. The van der Waals surface area contributed by atoms with Gasteiger partial charge in [0.1, 0.15) is 17.2 Å². The zero-order valence-corrected chi connectivity index (χ0v) is 21.0. The molecule has 3 N–H and O–H groups in total. The van der Waals surface area contributed by atoms with Crippen molar-refractivity contribution in [2.24, 2.45) is 5.10 Å². The molecule has 0 radical (unpaired) electrons. The number of benzene rings is 2. The Balaban J connectivity index is 1.91. The first-order valence-corrected chi connectivity index (χ1v) is 11.3. The van der Waals surface area contributed by atoms with Crippen molar-refractivity contribution in [3.63, 3.8) is 0 Å². The molecule has 0 unspecified atom stereocenters. The summed E-state index contributed by atoms with van der Waals surface area (Å²) in [6, 6.07) is 6.86. The summed E-state index contributed by atoms with van der Waals surface area (Å²) in [5.41, 5.74) is 1.08. The largest absolute Gasteiger partial charge is 0.420 e. The number of rotatable bonds is 6. The summed E-state index contributed by atoms with van der Waals surface area (Å²) in [6.45, 7) is 0. The average molecular weight is 699 g/mol. The van der Waals surface area contributed by atoms with Gasteiger partial charge in [-0.1, -0.05) is 6.07 Å². The van der Waals surface area contributed by atoms with Crippen molar-refractivity contribution in [1.82, 2.24) is 4.98 Å². The summed E-state index contributed by atoms with van der Waals surface area (Å²) in [5, 5.41) is 12.5. The predicted octanol–water partition coefficient (Wildman–Crippen LogP) is 6.55. The Morgan fingerprint density at radius 2 is 1.79 bits per heavy atom. The average Bonchev–Trinajstić information content (AvgIpc) is 2.75. The first-order valence-electron chi connectivity index (χ1n) is 9.12. The molecular weight excluding hydrogens is 687 g/mol. The van der Waals surface area contributed by atoms with Gasteiger partial charge in [-0.15, -0.1) is 0 Å². The van der Waals surface area contributed by atoms with E-state index in [0.717, 1.165) is 24.7 Å². The number of hydrogen-bond donors (Lipinski definition) is 3. The van der Waals surface area contributed by atoms with Gasteiger partial charge >= 0.3 is 6.18 Å². The molecule has 0 saturated heterocycles. The predicted molar refractivity (Wildman–Crippen MR) is 135 cm³/mol. The van der Waals surface area contributed by atoms with E-state index in [1.54, 1.807) is 22.6 Å². The van der Waals surface area contributed by atoms with Crippen LogP contribution in [-0.4, -0.2) is 23.3 Å². The number of carbonyl (C=O) groups is 1. The zero-order chi connectivity index (χ0) is 25.0. The highest BCUT2D eigenvalue weighted by Gasteiger charge is 2.35. The van der Waals surface area contributed by atoms with E-state index in [-0.39, 0.29) is 16.8 Å². The number of carbonyl (C=O) groups excluding carboxylic acids is 1. The Hall–Kier alpha value is -2.69. The molecule has 3 rings (SSSR count). The van der Waals surface area contributed by atoms with Crippen molar-refractivity contribution in [1.29, 1.82) is 5.41 Å². The Labute approximate surface area is 216 Å². The maximum atomic E-state index is 14.8. The summed E-state index contributed by atoms with van der Waals surface area (Å²) in [6.07, 6.45) is -2.15. The summed E-state index contributed by atoms with van der Waals surface area (Å²) < 4.78 is 69.3. The number of alkyl halides is 3. The third-order valence-corrected chi connectivity index (χ3v) is 6.08. The molecule has 2 aromatic carbocycles. The first-order chi connectivity index (χ1) is 16.0. The van der Waals surface area contributed by atoms with Crippen LogP contribution >= 0.6 is 45.2 Å². The van der Waals surface area contributed by atoms with Crippen molar-refractivity contribution in [2.45, 2.75) is 6.18 Å². The van der Waals surface area contributed by atoms with Gasteiger partial charge in [0, 0.05) is 18.9 Å². The quantitative estimate of drug-likeness (QED) is 0.118. The number of pyridine rings is 1. The molecule has 1 amide bonds. The van der Waals surface area contributed by atoms with E-state index < -0.39 is 35.1 Å². The second kappa shape index (κ2) is 10.7. The number of nitrogens with zero attached hydrogens (tertiary/aromatic N) is 2. The highest BCUT2D eigenvalue weighted by Crippen LogP contribution is 2.36. The first kappa shape index (κ1) is 25.9. The van der Waals surface area contributed by atoms with Crippen LogP contribution in [0, 0.1) is 24.2 Å². The molecule has 34 heavy (non-hydrogen) atoms. The molecule has 1 heterocycles. The number of anilines is 2. The van der Waals surface area contributed by atoms with Gasteiger partial charge in [-0.05, 0) is 81.1 Å². The van der Waals surface area contributed by atoms with Crippen molar-refractivity contribution in [2.75, 3.05) is 10.7 Å². The van der Waals surface area contributed by atoms with Gasteiger partial charge in [0.15, 0.2) is 5.82 Å². The maximum absolute atomic E-state index is 14.8. The number of hydrogen-bond acceptors (Lipinski definition) is 5. The number of halogens is 7. The SMILES string of the molecule is N=C/C=N\Nc1ncc(NC(=O)c2cc(F)c(-c3ccc(F)cc3I)cc2I)cc1C(F)(F)F. The van der Waals surface area contributed by atoms with Crippen LogP contribution in [0.1, 0.15) is 15.9 Å². The van der Waals surface area contributed by atoms with Gasteiger partial charge in [-0.2, -0.15) is 18.3 Å². The van der Waals surface area contributed by atoms with E-state index in [0.29, 0.717) is 18.8 Å². The van der Waals surface area contributed by atoms with Gasteiger partial charge in [0.05, 0.1) is 23.7 Å². The summed E-state index contributed by atoms with van der Waals surface area (Å²) in [4.78, 5) is 16.3. The van der Waals surface area contributed by atoms with Crippen molar-refractivity contribution >= 4 is 75.0 Å². The number of aromatic nitrogens is 1. The van der Waals surface area contributed by atoms with Crippen LogP contribution in [0.15, 0.2) is 47.7 Å². The molecule has 6 nitrogen and oxygen atoms in total. The minimum absolute atomic E-state index is 0.106. The van der Waals surface area contributed by atoms with E-state index in [4.69, 9.17) is 5.41 Å². The van der Waals surface area contributed by atoms with E-state index >= 15 is 0 Å². The lowest BCUT2D eigenvalue weighted by Crippen LogP contribution is -2.16. The van der Waals surface area contributed by atoms with Gasteiger partial charge < -0.3 is 10.7 Å². The zero-order valence-electron chi connectivity index (χ0n) is 16.6. The second-order valence-electron chi connectivity index (χ2n) is 6.56. The molecule has 1 aromatic heterocycles. The fourth-order valence-electron chi connectivity index (χ4n) is 2.81. The lowest BCUT2D eigenvalue weighted by Gasteiger charge is -2.14. The molecule has 176 valence electrons. The van der Waals surface area contributed by atoms with Crippen LogP contribution < -0.4 is 10.7 Å². The Morgan fingerprint density at radius 3 is 2.44 bits per heavy atom. The van der Waals surface area contributed by atoms with Crippen LogP contribution in [0.5, 0.6) is 0 Å². The maximum Gasteiger partial charge on any atom is 0.420 e. The van der Waals surface area contributed by atoms with Crippen molar-refractivity contribution in [3.05, 3.63) is 72.5 Å². The smallest absolute Gasteiger partial charge is 0.321 e. The monoisotopic (exact) mass is 699 g/mol. The van der Waals surface area contributed by atoms with Crippen LogP contribution in [-0.2, 0) is 6.18 Å². The third kappa shape index (κ3) is 6.05. The fourth-order valence-corrected chi connectivity index (χ4v) is 4.29. The topological polar surface area (TPSA) is 90.2 Å². The minimum atomic E-state index is -4.81. The summed E-state index contributed by atoms with van der Waals surface area (Å²) >= 11 is 3.67. The van der Waals surface area contributed by atoms with Gasteiger partial charge in [0.25, 0.3) is 5.91 Å². The molecule has 0 aliphatic carbocycles.